The first-order chi connectivity index (χ1) is 10.1. The Morgan fingerprint density at radius 3 is 2.48 bits per heavy atom. The van der Waals surface area contributed by atoms with Crippen LogP contribution >= 0.6 is 0 Å². The van der Waals surface area contributed by atoms with Gasteiger partial charge in [0.2, 0.25) is 0 Å². The molecular weight excluding hydrogens is 264 g/mol. The van der Waals surface area contributed by atoms with Crippen molar-refractivity contribution in [2.45, 2.75) is 6.42 Å². The van der Waals surface area contributed by atoms with Crippen molar-refractivity contribution in [1.82, 2.24) is 10.2 Å². The van der Waals surface area contributed by atoms with Crippen LogP contribution in [0.3, 0.4) is 0 Å². The van der Waals surface area contributed by atoms with Gasteiger partial charge in [-0.05, 0) is 50.0 Å². The maximum absolute atomic E-state index is 12.3. The Kier molecular flexibility index (Phi) is 5.17. The van der Waals surface area contributed by atoms with Crippen LogP contribution < -0.4 is 10.1 Å². The van der Waals surface area contributed by atoms with Gasteiger partial charge in [-0.3, -0.25) is 4.79 Å². The number of ether oxygens (including phenoxy) is 1. The summed E-state index contributed by atoms with van der Waals surface area (Å²) in [7, 11) is 5.63. The van der Waals surface area contributed by atoms with E-state index in [1.807, 2.05) is 50.5 Å². The Morgan fingerprint density at radius 2 is 1.86 bits per heavy atom. The number of fused-ring (bicyclic) bond motifs is 1. The van der Waals surface area contributed by atoms with Crippen molar-refractivity contribution >= 4 is 16.7 Å². The number of carbonyl (C=O) groups is 1. The van der Waals surface area contributed by atoms with E-state index in [9.17, 15) is 4.79 Å². The van der Waals surface area contributed by atoms with Crippen LogP contribution in [0.15, 0.2) is 36.4 Å². The minimum absolute atomic E-state index is 0.0867. The lowest BCUT2D eigenvalue weighted by Gasteiger charge is -2.12. The summed E-state index contributed by atoms with van der Waals surface area (Å²) in [6.07, 6.45) is 0.925. The van der Waals surface area contributed by atoms with Crippen molar-refractivity contribution in [3.63, 3.8) is 0 Å². The summed E-state index contributed by atoms with van der Waals surface area (Å²) in [5, 5.41) is 5.05. The Labute approximate surface area is 125 Å². The van der Waals surface area contributed by atoms with Gasteiger partial charge in [-0.15, -0.1) is 0 Å². The summed E-state index contributed by atoms with van der Waals surface area (Å²) in [6.45, 7) is 1.61. The van der Waals surface area contributed by atoms with Crippen LogP contribution in [0.1, 0.15) is 16.8 Å². The summed E-state index contributed by atoms with van der Waals surface area (Å²) in [5.41, 5.74) is 0.584. The predicted octanol–water partition coefficient (Wildman–Crippen LogP) is 2.53. The number of amides is 1. The third-order valence-corrected chi connectivity index (χ3v) is 3.38. The van der Waals surface area contributed by atoms with E-state index in [4.69, 9.17) is 4.74 Å². The highest BCUT2D eigenvalue weighted by atomic mass is 16.5. The van der Waals surface area contributed by atoms with Gasteiger partial charge >= 0.3 is 0 Å². The van der Waals surface area contributed by atoms with E-state index in [1.165, 1.54) is 0 Å². The fourth-order valence-electron chi connectivity index (χ4n) is 2.26. The number of nitrogens with one attached hydrogen (secondary N) is 1. The molecule has 0 spiro atoms. The number of hydrogen-bond donors (Lipinski definition) is 1. The Morgan fingerprint density at radius 1 is 1.19 bits per heavy atom. The molecule has 2 aromatic rings. The largest absolute Gasteiger partial charge is 0.496 e. The lowest BCUT2D eigenvalue weighted by molar-refractivity contribution is 0.0949. The average Bonchev–Trinajstić information content (AvgIpc) is 2.49. The Bertz CT molecular complexity index is 623. The van der Waals surface area contributed by atoms with Crippen molar-refractivity contribution in [2.75, 3.05) is 34.3 Å². The molecule has 21 heavy (non-hydrogen) atoms. The maximum Gasteiger partial charge on any atom is 0.255 e. The van der Waals surface area contributed by atoms with Crippen molar-refractivity contribution < 1.29 is 9.53 Å². The number of hydrogen-bond acceptors (Lipinski definition) is 3. The third kappa shape index (κ3) is 3.95. The van der Waals surface area contributed by atoms with Gasteiger partial charge in [0, 0.05) is 6.54 Å². The lowest BCUT2D eigenvalue weighted by Crippen LogP contribution is -2.27. The van der Waals surface area contributed by atoms with Crippen molar-refractivity contribution in [3.05, 3.63) is 42.0 Å². The molecule has 4 nitrogen and oxygen atoms in total. The van der Waals surface area contributed by atoms with Gasteiger partial charge in [0.05, 0.1) is 12.7 Å². The minimum Gasteiger partial charge on any atom is -0.496 e. The molecule has 0 saturated heterocycles. The predicted molar refractivity (Wildman–Crippen MR) is 86.0 cm³/mol. The van der Waals surface area contributed by atoms with Gasteiger partial charge in [-0.25, -0.2) is 0 Å². The fourth-order valence-corrected chi connectivity index (χ4v) is 2.26. The summed E-state index contributed by atoms with van der Waals surface area (Å²) < 4.78 is 5.35. The van der Waals surface area contributed by atoms with Gasteiger partial charge in [-0.2, -0.15) is 0 Å². The lowest BCUT2D eigenvalue weighted by atomic mass is 10.1. The van der Waals surface area contributed by atoms with E-state index in [0.29, 0.717) is 17.9 Å². The first-order valence-electron chi connectivity index (χ1n) is 7.11. The second-order valence-corrected chi connectivity index (χ2v) is 5.31. The van der Waals surface area contributed by atoms with E-state index >= 15 is 0 Å². The molecule has 2 rings (SSSR count). The van der Waals surface area contributed by atoms with Crippen LogP contribution in [0.25, 0.3) is 10.8 Å². The highest BCUT2D eigenvalue weighted by Crippen LogP contribution is 2.25. The molecule has 0 aliphatic carbocycles. The highest BCUT2D eigenvalue weighted by Gasteiger charge is 2.13. The number of rotatable bonds is 6. The normalized spacial score (nSPS) is 10.9. The second-order valence-electron chi connectivity index (χ2n) is 5.31. The molecule has 1 amide bonds. The van der Waals surface area contributed by atoms with Crippen LogP contribution in [-0.2, 0) is 0 Å². The fraction of sp³-hybridized carbons (Fsp3) is 0.353. The van der Waals surface area contributed by atoms with Crippen molar-refractivity contribution in [3.8, 4) is 5.75 Å². The summed E-state index contributed by atoms with van der Waals surface area (Å²) in [6, 6.07) is 11.7. The topological polar surface area (TPSA) is 41.6 Å². The number of benzene rings is 2. The zero-order valence-corrected chi connectivity index (χ0v) is 12.8. The quantitative estimate of drug-likeness (QED) is 0.830. The van der Waals surface area contributed by atoms with Gasteiger partial charge in [0.25, 0.3) is 5.91 Å². The van der Waals surface area contributed by atoms with Crippen LogP contribution in [0.2, 0.25) is 0 Å². The minimum atomic E-state index is -0.0867. The molecule has 2 aromatic carbocycles. The highest BCUT2D eigenvalue weighted by molar-refractivity contribution is 6.01. The molecule has 0 saturated carbocycles. The van der Waals surface area contributed by atoms with E-state index < -0.39 is 0 Å². The molecule has 0 radical (unpaired) electrons. The molecule has 0 bridgehead atoms. The van der Waals surface area contributed by atoms with E-state index in [-0.39, 0.29) is 5.91 Å². The maximum atomic E-state index is 12.3. The van der Waals surface area contributed by atoms with E-state index in [1.54, 1.807) is 7.11 Å². The van der Waals surface area contributed by atoms with Gasteiger partial charge in [0.1, 0.15) is 5.75 Å². The molecule has 0 aliphatic heterocycles. The monoisotopic (exact) mass is 286 g/mol. The van der Waals surface area contributed by atoms with Crippen LogP contribution in [0, 0.1) is 0 Å². The molecule has 4 heteroatoms. The summed E-state index contributed by atoms with van der Waals surface area (Å²) in [4.78, 5) is 14.4. The average molecular weight is 286 g/mol. The molecular formula is C17H22N2O2. The SMILES string of the molecule is COc1cc2ccccc2cc1C(=O)NCCCN(C)C. The third-order valence-electron chi connectivity index (χ3n) is 3.38. The molecule has 0 fully saturated rings. The zero-order chi connectivity index (χ0) is 15.2. The molecule has 112 valence electrons. The van der Waals surface area contributed by atoms with Crippen molar-refractivity contribution in [2.24, 2.45) is 0 Å². The molecule has 0 atom stereocenters. The van der Waals surface area contributed by atoms with Crippen LogP contribution in [0.4, 0.5) is 0 Å². The Balaban J connectivity index is 2.14. The summed E-state index contributed by atoms with van der Waals surface area (Å²) in [5.74, 6) is 0.523. The number of nitrogens with zero attached hydrogens (tertiary/aromatic N) is 1. The zero-order valence-electron chi connectivity index (χ0n) is 12.8. The van der Waals surface area contributed by atoms with Crippen LogP contribution in [-0.4, -0.2) is 45.1 Å². The van der Waals surface area contributed by atoms with E-state index in [0.717, 1.165) is 23.7 Å². The van der Waals surface area contributed by atoms with Gasteiger partial charge in [0.15, 0.2) is 0 Å². The Hall–Kier alpha value is -2.07. The van der Waals surface area contributed by atoms with E-state index in [2.05, 4.69) is 10.2 Å². The van der Waals surface area contributed by atoms with Crippen molar-refractivity contribution in [1.29, 1.82) is 0 Å². The number of methoxy groups -OCH3 is 1. The standard InChI is InChI=1S/C17H22N2O2/c1-19(2)10-6-9-18-17(20)15-11-13-7-4-5-8-14(13)12-16(15)21-3/h4-5,7-8,11-12H,6,9-10H2,1-3H3,(H,18,20). The molecule has 1 N–H and O–H groups in total. The molecule has 0 unspecified atom stereocenters. The number of carbonyl (C=O) groups excluding carboxylic acids is 1. The first-order valence-corrected chi connectivity index (χ1v) is 7.11. The second kappa shape index (κ2) is 7.09. The van der Waals surface area contributed by atoms with Gasteiger partial charge in [-0.1, -0.05) is 24.3 Å². The summed E-state index contributed by atoms with van der Waals surface area (Å²) >= 11 is 0. The first kappa shape index (κ1) is 15.3. The van der Waals surface area contributed by atoms with Crippen LogP contribution in [0.5, 0.6) is 5.75 Å². The molecule has 0 aromatic heterocycles. The van der Waals surface area contributed by atoms with Gasteiger partial charge < -0.3 is 15.0 Å². The smallest absolute Gasteiger partial charge is 0.255 e. The molecule has 0 aliphatic rings. The molecule has 0 heterocycles.